The molecule has 0 spiro atoms. The Kier molecular flexibility index (Phi) is 7.80. The van der Waals surface area contributed by atoms with Crippen molar-refractivity contribution in [2.75, 3.05) is 0 Å². The standard InChI is InChI=1S/C57H36N6/c1-3-17-37(18-4-1)55-58-56(38-19-5-2-6-20-38)60-57(59-55)63-53-30-16-11-25-47(53)48-35-39(31-32-54(48)63)40-33-41(61-49-26-12-7-21-43(49)44-22-8-13-27-50(44)61)36-42(34-40)62-51-28-14-9-23-45(51)46-24-10-15-29-52(46)62/h1-36H. The lowest BCUT2D eigenvalue weighted by Gasteiger charge is -2.16. The van der Waals surface area contributed by atoms with Gasteiger partial charge in [-0.3, -0.25) is 4.57 Å². The van der Waals surface area contributed by atoms with Gasteiger partial charge in [-0.15, -0.1) is 0 Å². The van der Waals surface area contributed by atoms with Crippen LogP contribution in [0.4, 0.5) is 0 Å². The average Bonchev–Trinajstić information content (AvgIpc) is 4.00. The second-order valence-corrected chi connectivity index (χ2v) is 16.1. The van der Waals surface area contributed by atoms with E-state index in [2.05, 4.69) is 171 Å². The summed E-state index contributed by atoms with van der Waals surface area (Å²) in [6.07, 6.45) is 0. The van der Waals surface area contributed by atoms with Crippen LogP contribution in [-0.4, -0.2) is 28.7 Å². The van der Waals surface area contributed by atoms with Crippen molar-refractivity contribution in [1.82, 2.24) is 28.7 Å². The Bertz CT molecular complexity index is 3620. The molecule has 0 N–H and O–H groups in total. The molecule has 0 saturated heterocycles. The normalized spacial score (nSPS) is 11.8. The summed E-state index contributed by atoms with van der Waals surface area (Å²) in [5, 5.41) is 7.17. The van der Waals surface area contributed by atoms with E-state index in [1.165, 1.54) is 43.6 Å². The zero-order valence-corrected chi connectivity index (χ0v) is 34.0. The number of hydrogen-bond acceptors (Lipinski definition) is 3. The Labute approximate surface area is 362 Å². The van der Waals surface area contributed by atoms with Crippen LogP contribution in [0.5, 0.6) is 0 Å². The smallest absolute Gasteiger partial charge is 0.238 e. The Morgan fingerprint density at radius 3 is 1.05 bits per heavy atom. The molecular weight excluding hydrogens is 769 g/mol. The van der Waals surface area contributed by atoms with Gasteiger partial charge in [-0.2, -0.15) is 9.97 Å². The fourth-order valence-electron chi connectivity index (χ4n) is 9.69. The number of fused-ring (bicyclic) bond motifs is 9. The molecule has 0 radical (unpaired) electrons. The number of aromatic nitrogens is 6. The minimum Gasteiger partial charge on any atom is -0.309 e. The second kappa shape index (κ2) is 14.0. The molecule has 6 heteroatoms. The van der Waals surface area contributed by atoms with Crippen molar-refractivity contribution in [1.29, 1.82) is 0 Å². The van der Waals surface area contributed by atoms with E-state index in [0.29, 0.717) is 17.6 Å². The summed E-state index contributed by atoms with van der Waals surface area (Å²) in [7, 11) is 0. The Morgan fingerprint density at radius 2 is 0.603 bits per heavy atom. The first-order valence-corrected chi connectivity index (χ1v) is 21.3. The predicted octanol–water partition coefficient (Wildman–Crippen LogP) is 14.2. The summed E-state index contributed by atoms with van der Waals surface area (Å²) in [5.41, 5.74) is 13.0. The van der Waals surface area contributed by atoms with Crippen molar-refractivity contribution in [2.45, 2.75) is 0 Å². The molecule has 9 aromatic carbocycles. The highest BCUT2D eigenvalue weighted by molar-refractivity contribution is 6.12. The first-order chi connectivity index (χ1) is 31.2. The van der Waals surface area contributed by atoms with E-state index >= 15 is 0 Å². The van der Waals surface area contributed by atoms with Gasteiger partial charge in [0.05, 0.1) is 33.1 Å². The molecule has 63 heavy (non-hydrogen) atoms. The van der Waals surface area contributed by atoms with Crippen LogP contribution < -0.4 is 0 Å². The average molecular weight is 805 g/mol. The SMILES string of the molecule is c1ccc(-c2nc(-c3ccccc3)nc(-n3c4ccccc4c4cc(-c5cc(-n6c7ccccc7c7ccccc76)cc(-n6c7ccccc7c7ccccc76)c5)ccc43)n2)cc1. The Morgan fingerprint density at radius 1 is 0.238 bits per heavy atom. The maximum atomic E-state index is 5.17. The van der Waals surface area contributed by atoms with Crippen molar-refractivity contribution < 1.29 is 0 Å². The highest BCUT2D eigenvalue weighted by Crippen LogP contribution is 2.40. The third kappa shape index (κ3) is 5.55. The molecule has 13 aromatic rings. The van der Waals surface area contributed by atoms with Crippen LogP contribution in [0.1, 0.15) is 0 Å². The van der Waals surface area contributed by atoms with Crippen molar-refractivity contribution in [3.8, 4) is 51.2 Å². The van der Waals surface area contributed by atoms with Crippen LogP contribution in [-0.2, 0) is 0 Å². The van der Waals surface area contributed by atoms with Gasteiger partial charge in [0.15, 0.2) is 11.6 Å². The van der Waals surface area contributed by atoms with E-state index in [1.807, 2.05) is 60.7 Å². The number of benzene rings is 9. The van der Waals surface area contributed by atoms with Crippen LogP contribution in [0, 0.1) is 0 Å². The molecule has 0 aliphatic heterocycles. The van der Waals surface area contributed by atoms with Gasteiger partial charge in [-0.1, -0.05) is 158 Å². The van der Waals surface area contributed by atoms with E-state index in [9.17, 15) is 0 Å². The van der Waals surface area contributed by atoms with Crippen molar-refractivity contribution >= 4 is 65.4 Å². The lowest BCUT2D eigenvalue weighted by atomic mass is 10.0. The van der Waals surface area contributed by atoms with Crippen molar-refractivity contribution in [3.05, 3.63) is 218 Å². The monoisotopic (exact) mass is 804 g/mol. The van der Waals surface area contributed by atoms with Gasteiger partial charge < -0.3 is 9.13 Å². The van der Waals surface area contributed by atoms with Crippen LogP contribution >= 0.6 is 0 Å². The first kappa shape index (κ1) is 35.2. The van der Waals surface area contributed by atoms with Gasteiger partial charge in [0.1, 0.15) is 0 Å². The molecule has 0 unspecified atom stereocenters. The van der Waals surface area contributed by atoms with Gasteiger partial charge in [-0.05, 0) is 71.8 Å². The molecule has 0 bridgehead atoms. The predicted molar refractivity (Wildman–Crippen MR) is 259 cm³/mol. The van der Waals surface area contributed by atoms with Gasteiger partial charge in [-0.25, -0.2) is 4.98 Å². The lowest BCUT2D eigenvalue weighted by molar-refractivity contribution is 0.953. The molecule has 294 valence electrons. The van der Waals surface area contributed by atoms with Crippen molar-refractivity contribution in [2.24, 2.45) is 0 Å². The first-order valence-electron chi connectivity index (χ1n) is 21.3. The van der Waals surface area contributed by atoms with E-state index in [-0.39, 0.29) is 0 Å². The Balaban J connectivity index is 1.07. The molecule has 0 saturated carbocycles. The largest absolute Gasteiger partial charge is 0.309 e. The molecule has 0 amide bonds. The minimum atomic E-state index is 0.573. The van der Waals surface area contributed by atoms with Gasteiger partial charge in [0.25, 0.3) is 0 Å². The highest BCUT2D eigenvalue weighted by atomic mass is 15.2. The number of hydrogen-bond donors (Lipinski definition) is 0. The van der Waals surface area contributed by atoms with Crippen LogP contribution in [0.3, 0.4) is 0 Å². The lowest BCUT2D eigenvalue weighted by Crippen LogP contribution is -2.06. The van der Waals surface area contributed by atoms with E-state index in [4.69, 9.17) is 15.0 Å². The van der Waals surface area contributed by atoms with Gasteiger partial charge >= 0.3 is 0 Å². The van der Waals surface area contributed by atoms with Crippen molar-refractivity contribution in [3.63, 3.8) is 0 Å². The molecule has 6 nitrogen and oxygen atoms in total. The number of para-hydroxylation sites is 5. The minimum absolute atomic E-state index is 0.573. The van der Waals surface area contributed by atoms with E-state index in [1.54, 1.807) is 0 Å². The summed E-state index contributed by atoms with van der Waals surface area (Å²) < 4.78 is 7.03. The third-order valence-corrected chi connectivity index (χ3v) is 12.5. The number of nitrogens with zero attached hydrogens (tertiary/aromatic N) is 6. The molecule has 13 rings (SSSR count). The van der Waals surface area contributed by atoms with Crippen LogP contribution in [0.15, 0.2) is 218 Å². The number of rotatable bonds is 6. The third-order valence-electron chi connectivity index (χ3n) is 12.5. The topological polar surface area (TPSA) is 53.5 Å². The van der Waals surface area contributed by atoms with E-state index < -0.39 is 0 Å². The summed E-state index contributed by atoms with van der Waals surface area (Å²) in [6.45, 7) is 0. The summed E-state index contributed by atoms with van der Waals surface area (Å²) in [5.74, 6) is 1.83. The second-order valence-electron chi connectivity index (χ2n) is 16.1. The molecular formula is C57H36N6. The highest BCUT2D eigenvalue weighted by Gasteiger charge is 2.21. The Hall–Kier alpha value is -8.61. The van der Waals surface area contributed by atoms with E-state index in [0.717, 1.165) is 55.4 Å². The maximum Gasteiger partial charge on any atom is 0.238 e. The van der Waals surface area contributed by atoms with Gasteiger partial charge in [0, 0.05) is 54.8 Å². The van der Waals surface area contributed by atoms with Crippen LogP contribution in [0.25, 0.3) is 117 Å². The molecule has 0 atom stereocenters. The molecule has 4 heterocycles. The van der Waals surface area contributed by atoms with Crippen LogP contribution in [0.2, 0.25) is 0 Å². The zero-order chi connectivity index (χ0) is 41.4. The summed E-state index contributed by atoms with van der Waals surface area (Å²) in [6, 6.07) is 77.6. The summed E-state index contributed by atoms with van der Waals surface area (Å²) >= 11 is 0. The maximum absolute atomic E-state index is 5.17. The molecule has 4 aromatic heterocycles. The molecule has 0 fully saturated rings. The zero-order valence-electron chi connectivity index (χ0n) is 34.0. The fraction of sp³-hybridized carbons (Fsp3) is 0. The quantitative estimate of drug-likeness (QED) is 0.168. The fourth-order valence-corrected chi connectivity index (χ4v) is 9.69. The summed E-state index contributed by atoms with van der Waals surface area (Å²) in [4.78, 5) is 15.3. The van der Waals surface area contributed by atoms with Gasteiger partial charge in [0.2, 0.25) is 5.95 Å². The molecule has 0 aliphatic carbocycles. The molecule has 0 aliphatic rings.